The molecule has 2 aromatic carbocycles. The van der Waals surface area contributed by atoms with Gasteiger partial charge in [0, 0.05) is 34.8 Å². The number of nitrogens with one attached hydrogen (secondary N) is 1. The average molecular weight is 340 g/mol. The Morgan fingerprint density at radius 3 is 2.75 bits per heavy atom. The van der Waals surface area contributed by atoms with Gasteiger partial charge in [-0.05, 0) is 55.5 Å². The summed E-state index contributed by atoms with van der Waals surface area (Å²) in [5, 5.41) is 2.94. The summed E-state index contributed by atoms with van der Waals surface area (Å²) in [6.07, 6.45) is 3.47. The Kier molecular flexibility index (Phi) is 4.90. The van der Waals surface area contributed by atoms with Crippen molar-refractivity contribution in [2.75, 3.05) is 23.0 Å². The van der Waals surface area contributed by atoms with E-state index in [1.807, 2.05) is 55.6 Å². The Bertz CT molecular complexity index is 789. The Labute approximate surface area is 146 Å². The standard InChI is InChI=1S/C19H20N2O2S/c1-13-8-9-16(24-2)12-17(13)19(23)20-14-5-3-6-15(11-14)21-10-4-7-18(21)22/h3,5-6,8-9,11-12H,4,7,10H2,1-2H3,(H,20,23). The second-order valence-corrected chi connectivity index (χ2v) is 6.71. The molecular formula is C19H20N2O2S. The summed E-state index contributed by atoms with van der Waals surface area (Å²) in [7, 11) is 0. The van der Waals surface area contributed by atoms with Crippen LogP contribution in [0.15, 0.2) is 47.4 Å². The van der Waals surface area contributed by atoms with Gasteiger partial charge in [0.05, 0.1) is 0 Å². The fraction of sp³-hybridized carbons (Fsp3) is 0.263. The molecule has 1 aliphatic rings. The zero-order valence-electron chi connectivity index (χ0n) is 13.8. The van der Waals surface area contributed by atoms with Crippen LogP contribution in [0.2, 0.25) is 0 Å². The number of carbonyl (C=O) groups is 2. The second kappa shape index (κ2) is 7.09. The normalized spacial score (nSPS) is 14.1. The Hall–Kier alpha value is -2.27. The Morgan fingerprint density at radius 1 is 1.21 bits per heavy atom. The van der Waals surface area contributed by atoms with E-state index in [1.54, 1.807) is 16.7 Å². The number of benzene rings is 2. The van der Waals surface area contributed by atoms with Crippen LogP contribution in [0.3, 0.4) is 0 Å². The predicted molar refractivity (Wildman–Crippen MR) is 98.9 cm³/mol. The fourth-order valence-electron chi connectivity index (χ4n) is 2.84. The van der Waals surface area contributed by atoms with Gasteiger partial charge in [0.15, 0.2) is 0 Å². The molecule has 2 aromatic rings. The van der Waals surface area contributed by atoms with Crippen LogP contribution in [0.1, 0.15) is 28.8 Å². The number of carbonyl (C=O) groups excluding carboxylic acids is 2. The van der Waals surface area contributed by atoms with Crippen LogP contribution < -0.4 is 10.2 Å². The summed E-state index contributed by atoms with van der Waals surface area (Å²) < 4.78 is 0. The van der Waals surface area contributed by atoms with Crippen LogP contribution in [0.4, 0.5) is 11.4 Å². The van der Waals surface area contributed by atoms with E-state index in [0.29, 0.717) is 17.7 Å². The monoisotopic (exact) mass is 340 g/mol. The van der Waals surface area contributed by atoms with Gasteiger partial charge in [0.2, 0.25) is 5.91 Å². The van der Waals surface area contributed by atoms with Crippen LogP contribution in [-0.2, 0) is 4.79 Å². The van der Waals surface area contributed by atoms with Crippen LogP contribution in [-0.4, -0.2) is 24.6 Å². The molecule has 24 heavy (non-hydrogen) atoms. The molecule has 1 N–H and O–H groups in total. The van der Waals surface area contributed by atoms with E-state index >= 15 is 0 Å². The lowest BCUT2D eigenvalue weighted by atomic mass is 10.1. The molecule has 0 spiro atoms. The molecular weight excluding hydrogens is 320 g/mol. The first-order chi connectivity index (χ1) is 11.6. The molecule has 0 aliphatic carbocycles. The van der Waals surface area contributed by atoms with Crippen molar-refractivity contribution >= 4 is 35.0 Å². The minimum atomic E-state index is -0.131. The van der Waals surface area contributed by atoms with Gasteiger partial charge in [-0.3, -0.25) is 9.59 Å². The summed E-state index contributed by atoms with van der Waals surface area (Å²) in [6, 6.07) is 13.3. The van der Waals surface area contributed by atoms with E-state index in [2.05, 4.69) is 5.32 Å². The number of aryl methyl sites for hydroxylation is 1. The molecule has 4 nitrogen and oxygen atoms in total. The van der Waals surface area contributed by atoms with Crippen LogP contribution >= 0.6 is 11.8 Å². The van der Waals surface area contributed by atoms with Gasteiger partial charge >= 0.3 is 0 Å². The summed E-state index contributed by atoms with van der Waals surface area (Å²) >= 11 is 1.61. The second-order valence-electron chi connectivity index (χ2n) is 5.83. The van der Waals surface area contributed by atoms with Crippen LogP contribution in [0, 0.1) is 6.92 Å². The summed E-state index contributed by atoms with van der Waals surface area (Å²) in [6.45, 7) is 2.67. The number of hydrogen-bond donors (Lipinski definition) is 1. The van der Waals surface area contributed by atoms with E-state index < -0.39 is 0 Å². The number of hydrogen-bond acceptors (Lipinski definition) is 3. The summed E-state index contributed by atoms with van der Waals surface area (Å²) in [4.78, 5) is 27.3. The molecule has 1 aliphatic heterocycles. The minimum absolute atomic E-state index is 0.131. The molecule has 124 valence electrons. The van der Waals surface area contributed by atoms with Crippen molar-refractivity contribution in [2.24, 2.45) is 0 Å². The maximum Gasteiger partial charge on any atom is 0.255 e. The number of rotatable bonds is 4. The predicted octanol–water partition coefficient (Wildman–Crippen LogP) is 4.10. The molecule has 0 aromatic heterocycles. The zero-order valence-corrected chi connectivity index (χ0v) is 14.7. The molecule has 0 bridgehead atoms. The van der Waals surface area contributed by atoms with Gasteiger partial charge in [-0.25, -0.2) is 0 Å². The molecule has 2 amide bonds. The van der Waals surface area contributed by atoms with E-state index in [-0.39, 0.29) is 11.8 Å². The van der Waals surface area contributed by atoms with Gasteiger partial charge < -0.3 is 10.2 Å². The largest absolute Gasteiger partial charge is 0.322 e. The molecule has 0 radical (unpaired) electrons. The van der Waals surface area contributed by atoms with Crippen molar-refractivity contribution < 1.29 is 9.59 Å². The highest BCUT2D eigenvalue weighted by Crippen LogP contribution is 2.25. The third-order valence-electron chi connectivity index (χ3n) is 4.18. The zero-order chi connectivity index (χ0) is 17.1. The van der Waals surface area contributed by atoms with Crippen molar-refractivity contribution in [3.63, 3.8) is 0 Å². The highest BCUT2D eigenvalue weighted by molar-refractivity contribution is 7.98. The number of anilines is 2. The van der Waals surface area contributed by atoms with Crippen molar-refractivity contribution in [1.29, 1.82) is 0 Å². The quantitative estimate of drug-likeness (QED) is 0.853. The fourth-order valence-corrected chi connectivity index (χ4v) is 3.28. The van der Waals surface area contributed by atoms with Gasteiger partial charge in [-0.1, -0.05) is 12.1 Å². The van der Waals surface area contributed by atoms with Gasteiger partial charge in [0.25, 0.3) is 5.91 Å². The average Bonchev–Trinajstić information content (AvgIpc) is 3.01. The SMILES string of the molecule is CSc1ccc(C)c(C(=O)Nc2cccc(N3CCCC3=O)c2)c1. The maximum atomic E-state index is 12.6. The first kappa shape index (κ1) is 16.6. The van der Waals surface area contributed by atoms with E-state index in [0.717, 1.165) is 29.1 Å². The highest BCUT2D eigenvalue weighted by atomic mass is 32.2. The molecule has 1 saturated heterocycles. The molecule has 5 heteroatoms. The van der Waals surface area contributed by atoms with Gasteiger partial charge in [-0.2, -0.15) is 0 Å². The first-order valence-corrected chi connectivity index (χ1v) is 9.17. The number of amides is 2. The van der Waals surface area contributed by atoms with Crippen molar-refractivity contribution in [1.82, 2.24) is 0 Å². The smallest absolute Gasteiger partial charge is 0.255 e. The van der Waals surface area contributed by atoms with Crippen LogP contribution in [0.25, 0.3) is 0 Å². The molecule has 0 saturated carbocycles. The molecule has 3 rings (SSSR count). The van der Waals surface area contributed by atoms with Crippen molar-refractivity contribution in [3.8, 4) is 0 Å². The third kappa shape index (κ3) is 3.46. The van der Waals surface area contributed by atoms with Crippen molar-refractivity contribution in [3.05, 3.63) is 53.6 Å². The lowest BCUT2D eigenvalue weighted by Gasteiger charge is -2.17. The maximum absolute atomic E-state index is 12.6. The topological polar surface area (TPSA) is 49.4 Å². The molecule has 1 heterocycles. The lowest BCUT2D eigenvalue weighted by molar-refractivity contribution is -0.117. The number of thioether (sulfide) groups is 1. The third-order valence-corrected chi connectivity index (χ3v) is 4.90. The van der Waals surface area contributed by atoms with E-state index in [1.165, 1.54) is 0 Å². The Balaban J connectivity index is 1.81. The molecule has 0 atom stereocenters. The Morgan fingerprint density at radius 2 is 2.04 bits per heavy atom. The van der Waals surface area contributed by atoms with Crippen molar-refractivity contribution in [2.45, 2.75) is 24.7 Å². The van der Waals surface area contributed by atoms with E-state index in [9.17, 15) is 9.59 Å². The minimum Gasteiger partial charge on any atom is -0.322 e. The lowest BCUT2D eigenvalue weighted by Crippen LogP contribution is -2.23. The highest BCUT2D eigenvalue weighted by Gasteiger charge is 2.22. The number of nitrogens with zero attached hydrogens (tertiary/aromatic N) is 1. The molecule has 1 fully saturated rings. The summed E-state index contributed by atoms with van der Waals surface area (Å²) in [5.74, 6) is 0.00953. The first-order valence-electron chi connectivity index (χ1n) is 7.95. The van der Waals surface area contributed by atoms with Gasteiger partial charge in [-0.15, -0.1) is 11.8 Å². The van der Waals surface area contributed by atoms with E-state index in [4.69, 9.17) is 0 Å². The summed E-state index contributed by atoms with van der Waals surface area (Å²) in [5.41, 5.74) is 3.15. The molecule has 0 unspecified atom stereocenters. The van der Waals surface area contributed by atoms with Gasteiger partial charge in [0.1, 0.15) is 0 Å². The van der Waals surface area contributed by atoms with Crippen LogP contribution in [0.5, 0.6) is 0 Å².